The summed E-state index contributed by atoms with van der Waals surface area (Å²) in [6, 6.07) is 15.0. The van der Waals surface area contributed by atoms with Crippen molar-refractivity contribution in [2.45, 2.75) is 25.2 Å². The molecule has 1 unspecified atom stereocenters. The average molecular weight is 367 g/mol. The number of rotatable bonds is 8. The number of aryl methyl sites for hydroxylation is 1. The number of ether oxygens (including phenoxy) is 1. The Morgan fingerprint density at radius 2 is 2.04 bits per heavy atom. The standard InChI is InChI=1S/C20H22BNO5/c1-26-16-6-4-5-14(11-16)9-10-20(23)22-19(21(24)25)12-15-13-27-18-8-3-2-7-17(15)18/h2-8,11,13,19,24-25H,9-10,12H2,1H3,(H,22,23). The summed E-state index contributed by atoms with van der Waals surface area (Å²) >= 11 is 0. The fourth-order valence-corrected chi connectivity index (χ4v) is 3.02. The lowest BCUT2D eigenvalue weighted by Crippen LogP contribution is -2.47. The molecule has 0 saturated carbocycles. The molecule has 0 aliphatic carbocycles. The number of fused-ring (bicyclic) bond motifs is 1. The predicted octanol–water partition coefficient (Wildman–Crippen LogP) is 2.11. The first-order valence-corrected chi connectivity index (χ1v) is 8.80. The Morgan fingerprint density at radius 3 is 2.81 bits per heavy atom. The minimum atomic E-state index is -1.67. The van der Waals surface area contributed by atoms with Gasteiger partial charge in [0, 0.05) is 11.8 Å². The maximum atomic E-state index is 12.3. The Bertz CT molecular complexity index is 908. The molecule has 0 fully saturated rings. The Labute approximate surface area is 157 Å². The van der Waals surface area contributed by atoms with Crippen LogP contribution < -0.4 is 10.1 Å². The van der Waals surface area contributed by atoms with Gasteiger partial charge in [-0.2, -0.15) is 0 Å². The zero-order chi connectivity index (χ0) is 19.2. The largest absolute Gasteiger partial charge is 0.497 e. The molecule has 2 aromatic carbocycles. The van der Waals surface area contributed by atoms with Gasteiger partial charge in [-0.05, 0) is 42.2 Å². The van der Waals surface area contributed by atoms with Gasteiger partial charge in [0.25, 0.3) is 0 Å². The molecule has 1 amide bonds. The molecule has 0 aliphatic rings. The van der Waals surface area contributed by atoms with E-state index in [1.165, 1.54) is 0 Å². The molecular weight excluding hydrogens is 345 g/mol. The van der Waals surface area contributed by atoms with Crippen molar-refractivity contribution in [2.75, 3.05) is 7.11 Å². The lowest BCUT2D eigenvalue weighted by atomic mass is 9.76. The molecule has 1 atom stereocenters. The number of amides is 1. The summed E-state index contributed by atoms with van der Waals surface area (Å²) < 4.78 is 10.6. The third kappa shape index (κ3) is 4.90. The van der Waals surface area contributed by atoms with E-state index in [1.54, 1.807) is 13.4 Å². The van der Waals surface area contributed by atoms with Crippen LogP contribution in [0.5, 0.6) is 5.75 Å². The third-order valence-corrected chi connectivity index (χ3v) is 4.48. The van der Waals surface area contributed by atoms with Gasteiger partial charge in [-0.15, -0.1) is 0 Å². The molecule has 3 N–H and O–H groups in total. The van der Waals surface area contributed by atoms with Gasteiger partial charge in [0.05, 0.1) is 19.3 Å². The fraction of sp³-hybridized carbons (Fsp3) is 0.250. The lowest BCUT2D eigenvalue weighted by Gasteiger charge is -2.17. The number of benzene rings is 2. The summed E-state index contributed by atoms with van der Waals surface area (Å²) in [5, 5.41) is 23.0. The summed E-state index contributed by atoms with van der Waals surface area (Å²) in [7, 11) is -0.0713. The van der Waals surface area contributed by atoms with E-state index in [0.717, 1.165) is 27.8 Å². The van der Waals surface area contributed by atoms with Crippen LogP contribution in [0.3, 0.4) is 0 Å². The number of hydrogen-bond acceptors (Lipinski definition) is 5. The zero-order valence-corrected chi connectivity index (χ0v) is 15.1. The average Bonchev–Trinajstić information content (AvgIpc) is 3.09. The minimum absolute atomic E-state index is 0.239. The van der Waals surface area contributed by atoms with Gasteiger partial charge in [0.2, 0.25) is 5.91 Å². The van der Waals surface area contributed by atoms with Gasteiger partial charge < -0.3 is 24.5 Å². The maximum Gasteiger partial charge on any atom is 0.475 e. The SMILES string of the molecule is COc1cccc(CCC(=O)NC(Cc2coc3ccccc23)B(O)O)c1. The van der Waals surface area contributed by atoms with E-state index >= 15 is 0 Å². The van der Waals surface area contributed by atoms with Crippen LogP contribution in [0.15, 0.2) is 59.2 Å². The van der Waals surface area contributed by atoms with E-state index in [2.05, 4.69) is 5.32 Å². The van der Waals surface area contributed by atoms with E-state index in [1.807, 2.05) is 48.5 Å². The van der Waals surface area contributed by atoms with Crippen molar-refractivity contribution in [3.63, 3.8) is 0 Å². The van der Waals surface area contributed by atoms with Crippen LogP contribution in [0.4, 0.5) is 0 Å². The van der Waals surface area contributed by atoms with Crippen LogP contribution in [0.2, 0.25) is 0 Å². The summed E-state index contributed by atoms with van der Waals surface area (Å²) in [5.41, 5.74) is 2.52. The Hall–Kier alpha value is -2.77. The van der Waals surface area contributed by atoms with E-state index in [0.29, 0.717) is 6.42 Å². The number of para-hydroxylation sites is 1. The Morgan fingerprint density at radius 1 is 1.22 bits per heavy atom. The third-order valence-electron chi connectivity index (χ3n) is 4.48. The van der Waals surface area contributed by atoms with Gasteiger partial charge in [-0.25, -0.2) is 0 Å². The number of hydrogen-bond donors (Lipinski definition) is 3. The molecule has 6 nitrogen and oxygen atoms in total. The molecule has 0 radical (unpaired) electrons. The van der Waals surface area contributed by atoms with Crippen molar-refractivity contribution < 1.29 is 24.0 Å². The molecule has 27 heavy (non-hydrogen) atoms. The predicted molar refractivity (Wildman–Crippen MR) is 103 cm³/mol. The smallest absolute Gasteiger partial charge is 0.475 e. The summed E-state index contributed by atoms with van der Waals surface area (Å²) in [6.45, 7) is 0. The molecule has 3 aromatic rings. The van der Waals surface area contributed by atoms with Gasteiger partial charge in [0.15, 0.2) is 0 Å². The van der Waals surface area contributed by atoms with Gasteiger partial charge in [0.1, 0.15) is 11.3 Å². The quantitative estimate of drug-likeness (QED) is 0.531. The molecular formula is C20H22BNO5. The van der Waals surface area contributed by atoms with Crippen molar-refractivity contribution in [3.05, 3.63) is 65.9 Å². The summed E-state index contributed by atoms with van der Waals surface area (Å²) in [6.07, 6.45) is 2.62. The van der Waals surface area contributed by atoms with E-state index in [4.69, 9.17) is 9.15 Å². The van der Waals surface area contributed by atoms with E-state index < -0.39 is 13.1 Å². The Balaban J connectivity index is 1.61. The molecule has 1 heterocycles. The number of methoxy groups -OCH3 is 1. The number of nitrogens with one attached hydrogen (secondary N) is 1. The van der Waals surface area contributed by atoms with Crippen LogP contribution in [0.1, 0.15) is 17.5 Å². The first-order chi connectivity index (χ1) is 13.1. The highest BCUT2D eigenvalue weighted by atomic mass is 16.5. The maximum absolute atomic E-state index is 12.3. The van der Waals surface area contributed by atoms with Crippen molar-refractivity contribution in [2.24, 2.45) is 0 Å². The lowest BCUT2D eigenvalue weighted by molar-refractivity contribution is -0.121. The Kier molecular flexibility index (Phi) is 6.16. The highest BCUT2D eigenvalue weighted by molar-refractivity contribution is 6.43. The van der Waals surface area contributed by atoms with Crippen molar-refractivity contribution >= 4 is 24.0 Å². The number of furan rings is 1. The van der Waals surface area contributed by atoms with Crippen LogP contribution in [-0.4, -0.2) is 36.1 Å². The first kappa shape index (κ1) is 19.0. The first-order valence-electron chi connectivity index (χ1n) is 8.80. The highest BCUT2D eigenvalue weighted by Gasteiger charge is 2.26. The van der Waals surface area contributed by atoms with E-state index in [9.17, 15) is 14.8 Å². The van der Waals surface area contributed by atoms with Crippen LogP contribution in [0, 0.1) is 0 Å². The van der Waals surface area contributed by atoms with Gasteiger partial charge in [-0.1, -0.05) is 30.3 Å². The molecule has 3 rings (SSSR count). The second kappa shape index (κ2) is 8.75. The summed E-state index contributed by atoms with van der Waals surface area (Å²) in [4.78, 5) is 12.3. The molecule has 0 aliphatic heterocycles. The topological polar surface area (TPSA) is 91.9 Å². The fourth-order valence-electron chi connectivity index (χ4n) is 3.02. The number of carbonyl (C=O) groups is 1. The zero-order valence-electron chi connectivity index (χ0n) is 15.1. The molecule has 140 valence electrons. The summed E-state index contributed by atoms with van der Waals surface area (Å²) in [5.74, 6) is -0.323. The molecule has 1 aromatic heterocycles. The van der Waals surface area contributed by atoms with Crippen molar-refractivity contribution in [1.29, 1.82) is 0 Å². The normalized spacial score (nSPS) is 12.0. The molecule has 0 bridgehead atoms. The molecule has 0 spiro atoms. The second-order valence-corrected chi connectivity index (χ2v) is 6.40. The minimum Gasteiger partial charge on any atom is -0.497 e. The monoisotopic (exact) mass is 367 g/mol. The van der Waals surface area contributed by atoms with E-state index in [-0.39, 0.29) is 18.7 Å². The van der Waals surface area contributed by atoms with Gasteiger partial charge in [-0.3, -0.25) is 4.79 Å². The highest BCUT2D eigenvalue weighted by Crippen LogP contribution is 2.22. The number of carbonyl (C=O) groups excluding carboxylic acids is 1. The van der Waals surface area contributed by atoms with Crippen LogP contribution in [-0.2, 0) is 17.6 Å². The van der Waals surface area contributed by atoms with Crippen LogP contribution in [0.25, 0.3) is 11.0 Å². The molecule has 7 heteroatoms. The molecule has 0 saturated heterocycles. The second-order valence-electron chi connectivity index (χ2n) is 6.40. The van der Waals surface area contributed by atoms with Crippen LogP contribution >= 0.6 is 0 Å². The van der Waals surface area contributed by atoms with Gasteiger partial charge >= 0.3 is 7.12 Å². The van der Waals surface area contributed by atoms with Crippen molar-refractivity contribution in [3.8, 4) is 5.75 Å². The van der Waals surface area contributed by atoms with Crippen molar-refractivity contribution in [1.82, 2.24) is 5.32 Å².